The van der Waals surface area contributed by atoms with Crippen LogP contribution in [0.15, 0.2) is 91.1 Å². The second-order valence-electron chi connectivity index (χ2n) is 7.88. The molecule has 0 spiro atoms. The van der Waals surface area contributed by atoms with Crippen LogP contribution in [0.25, 0.3) is 39.3 Å². The first-order valence-electron chi connectivity index (χ1n) is 10.4. The van der Waals surface area contributed by atoms with Crippen molar-refractivity contribution in [2.24, 2.45) is 0 Å². The molecule has 5 aromatic rings. The summed E-state index contributed by atoms with van der Waals surface area (Å²) in [6.45, 7) is 0. The molecule has 0 aliphatic heterocycles. The fourth-order valence-corrected chi connectivity index (χ4v) is 3.89. The predicted molar refractivity (Wildman–Crippen MR) is 119 cm³/mol. The number of aromatic nitrogens is 3. The van der Waals surface area contributed by atoms with Crippen molar-refractivity contribution >= 4 is 5.65 Å². The summed E-state index contributed by atoms with van der Waals surface area (Å²) < 4.78 is 81.8. The van der Waals surface area contributed by atoms with Crippen molar-refractivity contribution < 1.29 is 26.3 Å². The maximum absolute atomic E-state index is 13.4. The van der Waals surface area contributed by atoms with Crippen LogP contribution >= 0.6 is 0 Å². The molecule has 3 aromatic carbocycles. The molecule has 0 saturated heterocycles. The average Bonchev–Trinajstić information content (AvgIpc) is 3.27. The Balaban J connectivity index is 1.78. The molecule has 0 atom stereocenters. The van der Waals surface area contributed by atoms with Crippen LogP contribution in [0.4, 0.5) is 26.3 Å². The van der Waals surface area contributed by atoms with Gasteiger partial charge in [-0.2, -0.15) is 26.3 Å². The van der Waals surface area contributed by atoms with E-state index >= 15 is 0 Å². The van der Waals surface area contributed by atoms with Gasteiger partial charge < -0.3 is 0 Å². The SMILES string of the molecule is FC(F)(F)c1cccc(-c2cc(-c3cccc(C(F)(F)F)c3)c3nnc(-c4ccccc4)n3c2)c1. The molecule has 0 fully saturated rings. The van der Waals surface area contributed by atoms with Gasteiger partial charge in [0.25, 0.3) is 0 Å². The molecule has 2 heterocycles. The fraction of sp³-hybridized carbons (Fsp3) is 0.0769. The van der Waals surface area contributed by atoms with Gasteiger partial charge in [-0.15, -0.1) is 10.2 Å². The van der Waals surface area contributed by atoms with Crippen LogP contribution < -0.4 is 0 Å². The second kappa shape index (κ2) is 8.26. The summed E-state index contributed by atoms with van der Waals surface area (Å²) in [4.78, 5) is 0. The Morgan fingerprint density at radius 2 is 1.11 bits per heavy atom. The van der Waals surface area contributed by atoms with Crippen molar-refractivity contribution in [3.63, 3.8) is 0 Å². The summed E-state index contributed by atoms with van der Waals surface area (Å²) in [6, 6.07) is 20.0. The summed E-state index contributed by atoms with van der Waals surface area (Å²) in [5, 5.41) is 8.43. The van der Waals surface area contributed by atoms with Gasteiger partial charge in [0.1, 0.15) is 0 Å². The third-order valence-electron chi connectivity index (χ3n) is 5.56. The molecule has 3 nitrogen and oxygen atoms in total. The van der Waals surface area contributed by atoms with Crippen molar-refractivity contribution in [3.8, 4) is 33.6 Å². The number of halogens is 6. The minimum atomic E-state index is -4.56. The molecule has 0 radical (unpaired) electrons. The number of alkyl halides is 6. The lowest BCUT2D eigenvalue weighted by atomic mass is 9.98. The number of nitrogens with zero attached hydrogens (tertiary/aromatic N) is 3. The lowest BCUT2D eigenvalue weighted by Gasteiger charge is -2.13. The monoisotopic (exact) mass is 483 g/mol. The average molecular weight is 483 g/mol. The van der Waals surface area contributed by atoms with Gasteiger partial charge in [-0.1, -0.05) is 54.6 Å². The highest BCUT2D eigenvalue weighted by atomic mass is 19.4. The molecule has 2 aromatic heterocycles. The van der Waals surface area contributed by atoms with Crippen LogP contribution in [0.3, 0.4) is 0 Å². The number of hydrogen-bond donors (Lipinski definition) is 0. The van der Waals surface area contributed by atoms with E-state index in [-0.39, 0.29) is 16.8 Å². The molecule has 0 unspecified atom stereocenters. The standard InChI is InChI=1S/C26H15F6N3/c27-25(28,29)20-10-4-8-17(12-20)19-14-22(18-9-5-11-21(13-18)26(30,31)32)24-34-33-23(35(24)15-19)16-6-2-1-3-7-16/h1-15H. The molecule has 0 bridgehead atoms. The minimum Gasteiger partial charge on any atom is -0.281 e. The highest BCUT2D eigenvalue weighted by Crippen LogP contribution is 2.37. The van der Waals surface area contributed by atoms with E-state index in [0.29, 0.717) is 22.5 Å². The van der Waals surface area contributed by atoms with Crippen LogP contribution in [-0.4, -0.2) is 14.6 Å². The molecule has 5 rings (SSSR count). The molecule has 0 aliphatic carbocycles. The Labute approximate surface area is 195 Å². The Hall–Kier alpha value is -4.14. The van der Waals surface area contributed by atoms with Crippen LogP contribution in [0.1, 0.15) is 11.1 Å². The van der Waals surface area contributed by atoms with Gasteiger partial charge in [0.05, 0.1) is 11.1 Å². The number of rotatable bonds is 3. The Bertz CT molecular complexity index is 1520. The summed E-state index contributed by atoms with van der Waals surface area (Å²) in [5.41, 5.74) is 0.431. The smallest absolute Gasteiger partial charge is 0.281 e. The van der Waals surface area contributed by atoms with Crippen LogP contribution in [-0.2, 0) is 12.4 Å². The topological polar surface area (TPSA) is 30.2 Å². The number of hydrogen-bond acceptors (Lipinski definition) is 2. The molecular formula is C26H15F6N3. The van der Waals surface area contributed by atoms with E-state index in [9.17, 15) is 26.3 Å². The largest absolute Gasteiger partial charge is 0.416 e. The van der Waals surface area contributed by atoms with Crippen molar-refractivity contribution in [2.75, 3.05) is 0 Å². The quantitative estimate of drug-likeness (QED) is 0.246. The first-order valence-corrected chi connectivity index (χ1v) is 10.4. The van der Waals surface area contributed by atoms with E-state index in [1.54, 1.807) is 34.9 Å². The van der Waals surface area contributed by atoms with Gasteiger partial charge in [0, 0.05) is 17.3 Å². The molecule has 0 N–H and O–H groups in total. The zero-order valence-electron chi connectivity index (χ0n) is 17.8. The van der Waals surface area contributed by atoms with Crippen molar-refractivity contribution in [1.82, 2.24) is 14.6 Å². The first-order chi connectivity index (χ1) is 16.6. The number of pyridine rings is 1. The zero-order chi connectivity index (χ0) is 24.8. The third-order valence-corrected chi connectivity index (χ3v) is 5.56. The predicted octanol–water partition coefficient (Wildman–Crippen LogP) is 7.77. The summed E-state index contributed by atoms with van der Waals surface area (Å²) in [6.07, 6.45) is -7.52. The van der Waals surface area contributed by atoms with E-state index in [1.807, 2.05) is 6.07 Å². The molecule has 176 valence electrons. The molecule has 0 aliphatic rings. The van der Waals surface area contributed by atoms with Crippen LogP contribution in [0.2, 0.25) is 0 Å². The summed E-state index contributed by atoms with van der Waals surface area (Å²) >= 11 is 0. The van der Waals surface area contributed by atoms with E-state index in [2.05, 4.69) is 10.2 Å². The molecular weight excluding hydrogens is 468 g/mol. The highest BCUT2D eigenvalue weighted by molar-refractivity contribution is 5.84. The molecule has 0 saturated carbocycles. The summed E-state index contributed by atoms with van der Waals surface area (Å²) in [7, 11) is 0. The van der Waals surface area contributed by atoms with Crippen LogP contribution in [0.5, 0.6) is 0 Å². The number of benzene rings is 3. The first kappa shape index (κ1) is 22.6. The van der Waals surface area contributed by atoms with Gasteiger partial charge in [-0.3, -0.25) is 4.40 Å². The molecule has 35 heavy (non-hydrogen) atoms. The van der Waals surface area contributed by atoms with Crippen LogP contribution in [0, 0.1) is 0 Å². The minimum absolute atomic E-state index is 0.214. The van der Waals surface area contributed by atoms with E-state index in [1.165, 1.54) is 30.3 Å². The third kappa shape index (κ3) is 4.37. The summed E-state index contributed by atoms with van der Waals surface area (Å²) in [5.74, 6) is 0.405. The van der Waals surface area contributed by atoms with Gasteiger partial charge in [0.15, 0.2) is 11.5 Å². The zero-order valence-corrected chi connectivity index (χ0v) is 17.8. The number of fused-ring (bicyclic) bond motifs is 1. The lowest BCUT2D eigenvalue weighted by Crippen LogP contribution is -2.05. The van der Waals surface area contributed by atoms with Gasteiger partial charge in [-0.25, -0.2) is 0 Å². The van der Waals surface area contributed by atoms with E-state index < -0.39 is 23.5 Å². The maximum Gasteiger partial charge on any atom is 0.416 e. The maximum atomic E-state index is 13.4. The Morgan fingerprint density at radius 1 is 0.543 bits per heavy atom. The van der Waals surface area contributed by atoms with Crippen molar-refractivity contribution in [1.29, 1.82) is 0 Å². The Kier molecular flexibility index (Phi) is 5.35. The van der Waals surface area contributed by atoms with E-state index in [4.69, 9.17) is 0 Å². The van der Waals surface area contributed by atoms with Gasteiger partial charge >= 0.3 is 12.4 Å². The highest BCUT2D eigenvalue weighted by Gasteiger charge is 2.32. The molecule has 9 heteroatoms. The fourth-order valence-electron chi connectivity index (χ4n) is 3.89. The second-order valence-corrected chi connectivity index (χ2v) is 7.88. The molecule has 0 amide bonds. The normalized spacial score (nSPS) is 12.3. The lowest BCUT2D eigenvalue weighted by molar-refractivity contribution is -0.138. The van der Waals surface area contributed by atoms with Gasteiger partial charge in [0.2, 0.25) is 0 Å². The van der Waals surface area contributed by atoms with E-state index in [0.717, 1.165) is 24.3 Å². The van der Waals surface area contributed by atoms with Crippen molar-refractivity contribution in [2.45, 2.75) is 12.4 Å². The Morgan fingerprint density at radius 3 is 1.74 bits per heavy atom. The van der Waals surface area contributed by atoms with Crippen molar-refractivity contribution in [3.05, 3.63) is 102 Å². The van der Waals surface area contributed by atoms with Gasteiger partial charge in [-0.05, 0) is 47.0 Å².